The van der Waals surface area contributed by atoms with Gasteiger partial charge in [0.25, 0.3) is 0 Å². The van der Waals surface area contributed by atoms with Crippen LogP contribution in [0.3, 0.4) is 0 Å². The molecule has 0 spiro atoms. The third-order valence-electron chi connectivity index (χ3n) is 12.3. The summed E-state index contributed by atoms with van der Waals surface area (Å²) >= 11 is 0. The van der Waals surface area contributed by atoms with E-state index in [4.69, 9.17) is 16.3 Å². The van der Waals surface area contributed by atoms with Crippen molar-refractivity contribution in [2.24, 2.45) is 49.9 Å². The van der Waals surface area contributed by atoms with E-state index < -0.39 is 28.5 Å². The number of carbonyl (C=O) groups is 2. The SMILES string of the molecule is C=C[C@]1(C)C[C@@]2(OC(=O)CN=CC(=NN)c3ccc(Cn4cnc5c(N)ncnc54)nc3)[C@@H]3CC[C@]4(CCC(=O)[C@H]4[C@@]32C)[C@@H](C)[C@@H]1O. The number of hydrogen-bond acceptors (Lipinski definition) is 12. The molecule has 5 N–H and O–H groups in total. The first-order valence-corrected chi connectivity index (χ1v) is 16.1. The van der Waals surface area contributed by atoms with Crippen LogP contribution in [-0.4, -0.2) is 71.5 Å². The molecule has 0 unspecified atom stereocenters. The quantitative estimate of drug-likeness (QED) is 0.108. The van der Waals surface area contributed by atoms with Crippen LogP contribution < -0.4 is 11.6 Å². The van der Waals surface area contributed by atoms with Gasteiger partial charge in [-0.25, -0.2) is 15.0 Å². The second kappa shape index (κ2) is 10.8. The third-order valence-corrected chi connectivity index (χ3v) is 12.3. The lowest BCUT2D eigenvalue weighted by Gasteiger charge is -2.52. The van der Waals surface area contributed by atoms with Gasteiger partial charge in [0.2, 0.25) is 0 Å². The zero-order valence-electron chi connectivity index (χ0n) is 27.0. The molecule has 13 heteroatoms. The standard InChI is InChI=1S/C34H41N9O4/c1-5-31(3)16-34(24-9-11-33(19(2)28(31)46)10-8-23(44)27(33)32(24,34)4)47-25(45)14-37-13-22(42-36)20-6-7-21(38-12-20)15-43-18-41-26-29(35)39-17-40-30(26)43/h5-7,12-13,17-19,24,27-28,46H,1,8-11,14-16,36H2,2-4H3,(H2,35,39,40)/t19-,24+,27-,28-,31+,32+,33+,34+/m0/s1. The molecule has 13 nitrogen and oxygen atoms in total. The minimum atomic E-state index is -0.876. The summed E-state index contributed by atoms with van der Waals surface area (Å²) < 4.78 is 8.24. The molecule has 0 saturated heterocycles. The highest BCUT2D eigenvalue weighted by molar-refractivity contribution is 6.38. The lowest BCUT2D eigenvalue weighted by Crippen LogP contribution is -2.54. The highest BCUT2D eigenvalue weighted by Gasteiger charge is 2.86. The minimum absolute atomic E-state index is 0.0377. The van der Waals surface area contributed by atoms with Crippen molar-refractivity contribution < 1.29 is 19.4 Å². The highest BCUT2D eigenvalue weighted by Crippen LogP contribution is 2.82. The number of pyridine rings is 1. The fraction of sp³-hybridized carbons (Fsp3) is 0.529. The van der Waals surface area contributed by atoms with E-state index in [0.717, 1.165) is 25.0 Å². The molecule has 2 bridgehead atoms. The summed E-state index contributed by atoms with van der Waals surface area (Å²) in [5.74, 6) is 5.47. The van der Waals surface area contributed by atoms with Crippen LogP contribution in [0.15, 0.2) is 53.7 Å². The number of ketones is 1. The molecular formula is C34H41N9O4. The van der Waals surface area contributed by atoms with Gasteiger partial charge in [0, 0.05) is 40.8 Å². The molecule has 4 aliphatic carbocycles. The molecule has 4 saturated carbocycles. The number of aliphatic imine (C=N–C) groups is 1. The van der Waals surface area contributed by atoms with Crippen LogP contribution in [0, 0.1) is 34.0 Å². The average Bonchev–Trinajstić information content (AvgIpc) is 3.36. The molecule has 0 aromatic carbocycles. The number of fused-ring (bicyclic) bond motifs is 2. The Labute approximate surface area is 272 Å². The van der Waals surface area contributed by atoms with Crippen molar-refractivity contribution in [1.29, 1.82) is 0 Å². The fourth-order valence-electron chi connectivity index (χ4n) is 9.82. The molecule has 246 valence electrons. The number of ether oxygens (including phenoxy) is 1. The maximum atomic E-state index is 13.5. The third kappa shape index (κ3) is 4.38. The largest absolute Gasteiger partial charge is 0.457 e. The van der Waals surface area contributed by atoms with Crippen molar-refractivity contribution in [2.75, 3.05) is 12.3 Å². The molecule has 8 atom stereocenters. The number of hydrogen-bond donors (Lipinski definition) is 3. The number of aromatic nitrogens is 5. The Hall–Kier alpha value is -4.52. The van der Waals surface area contributed by atoms with E-state index >= 15 is 0 Å². The van der Waals surface area contributed by atoms with Crippen LogP contribution in [-0.2, 0) is 20.9 Å². The van der Waals surface area contributed by atoms with Crippen molar-refractivity contribution in [3.05, 3.63) is 54.9 Å². The van der Waals surface area contributed by atoms with Gasteiger partial charge in [0.1, 0.15) is 35.5 Å². The van der Waals surface area contributed by atoms with Gasteiger partial charge < -0.3 is 26.0 Å². The molecule has 3 heterocycles. The van der Waals surface area contributed by atoms with Crippen LogP contribution in [0.25, 0.3) is 11.2 Å². The van der Waals surface area contributed by atoms with E-state index in [1.54, 1.807) is 18.6 Å². The summed E-state index contributed by atoms with van der Waals surface area (Å²) in [4.78, 5) is 48.3. The Morgan fingerprint density at radius 3 is 2.77 bits per heavy atom. The zero-order valence-corrected chi connectivity index (χ0v) is 27.0. The number of nitrogens with two attached hydrogens (primary N) is 2. The maximum Gasteiger partial charge on any atom is 0.328 e. The Balaban J connectivity index is 1.06. The Morgan fingerprint density at radius 2 is 2.04 bits per heavy atom. The minimum Gasteiger partial charge on any atom is -0.457 e. The predicted octanol–water partition coefficient (Wildman–Crippen LogP) is 2.86. The molecule has 0 amide bonds. The van der Waals surface area contributed by atoms with Gasteiger partial charge >= 0.3 is 5.97 Å². The van der Waals surface area contributed by atoms with Crippen molar-refractivity contribution in [1.82, 2.24) is 24.5 Å². The van der Waals surface area contributed by atoms with Crippen LogP contribution in [0.2, 0.25) is 0 Å². The smallest absolute Gasteiger partial charge is 0.328 e. The first kappa shape index (κ1) is 31.1. The molecule has 3 aromatic heterocycles. The summed E-state index contributed by atoms with van der Waals surface area (Å²) in [5.41, 5.74) is 6.40. The topological polar surface area (TPSA) is 197 Å². The van der Waals surface area contributed by atoms with Gasteiger partial charge in [-0.15, -0.1) is 6.58 Å². The zero-order chi connectivity index (χ0) is 33.4. The average molecular weight is 640 g/mol. The number of hydrazone groups is 1. The number of rotatable bonds is 8. The van der Waals surface area contributed by atoms with E-state index in [2.05, 4.69) is 50.5 Å². The van der Waals surface area contributed by atoms with E-state index in [9.17, 15) is 14.7 Å². The van der Waals surface area contributed by atoms with Crippen molar-refractivity contribution in [3.63, 3.8) is 0 Å². The first-order chi connectivity index (χ1) is 22.4. The summed E-state index contributed by atoms with van der Waals surface area (Å²) in [6.07, 6.45) is 10.6. The summed E-state index contributed by atoms with van der Waals surface area (Å²) in [7, 11) is 0. The molecule has 0 aliphatic heterocycles. The molecule has 4 aliphatic rings. The van der Waals surface area contributed by atoms with E-state index in [-0.39, 0.29) is 35.5 Å². The number of nitrogens with zero attached hydrogens (tertiary/aromatic N) is 7. The number of imidazole rings is 1. The van der Waals surface area contributed by atoms with Crippen LogP contribution in [0.4, 0.5) is 5.82 Å². The Bertz CT molecular complexity index is 1840. The maximum absolute atomic E-state index is 13.5. The lowest BCUT2D eigenvalue weighted by molar-refractivity contribution is -0.166. The first-order valence-electron chi connectivity index (χ1n) is 16.1. The number of nitrogen functional groups attached to an aromatic ring is 1. The van der Waals surface area contributed by atoms with E-state index in [0.29, 0.717) is 47.6 Å². The molecule has 47 heavy (non-hydrogen) atoms. The van der Waals surface area contributed by atoms with Crippen molar-refractivity contribution >= 4 is 40.7 Å². The number of aliphatic hydroxyl groups is 1. The molecular weight excluding hydrogens is 598 g/mol. The number of esters is 1. The van der Waals surface area contributed by atoms with Crippen LogP contribution in [0.5, 0.6) is 0 Å². The van der Waals surface area contributed by atoms with Gasteiger partial charge in [0.05, 0.1) is 30.9 Å². The predicted molar refractivity (Wildman–Crippen MR) is 175 cm³/mol. The van der Waals surface area contributed by atoms with Crippen molar-refractivity contribution in [3.8, 4) is 0 Å². The monoisotopic (exact) mass is 639 g/mol. The fourth-order valence-corrected chi connectivity index (χ4v) is 9.82. The van der Waals surface area contributed by atoms with Gasteiger partial charge in [0.15, 0.2) is 11.5 Å². The van der Waals surface area contributed by atoms with Gasteiger partial charge in [-0.2, -0.15) is 5.10 Å². The van der Waals surface area contributed by atoms with Gasteiger partial charge in [-0.1, -0.05) is 26.8 Å². The number of carbonyl (C=O) groups excluding carboxylic acids is 2. The normalized spacial score (nSPS) is 36.2. The molecule has 4 fully saturated rings. The van der Waals surface area contributed by atoms with Gasteiger partial charge in [-0.3, -0.25) is 19.6 Å². The summed E-state index contributed by atoms with van der Waals surface area (Å²) in [5, 5.41) is 15.6. The second-order valence-corrected chi connectivity index (χ2v) is 14.3. The van der Waals surface area contributed by atoms with Gasteiger partial charge in [-0.05, 0) is 49.1 Å². The highest BCUT2D eigenvalue weighted by atomic mass is 16.6. The second-order valence-electron chi connectivity index (χ2n) is 14.3. The van der Waals surface area contributed by atoms with Crippen molar-refractivity contribution in [2.45, 2.75) is 71.1 Å². The molecule has 3 aromatic rings. The number of anilines is 1. The number of aliphatic hydroxyl groups excluding tert-OH is 1. The Morgan fingerprint density at radius 1 is 1.23 bits per heavy atom. The lowest BCUT2D eigenvalue weighted by atomic mass is 9.52. The van der Waals surface area contributed by atoms with Crippen LogP contribution in [0.1, 0.15) is 64.1 Å². The van der Waals surface area contributed by atoms with E-state index in [1.807, 2.05) is 23.6 Å². The molecule has 0 radical (unpaired) electrons. The van der Waals surface area contributed by atoms with E-state index in [1.165, 1.54) is 12.5 Å². The van der Waals surface area contributed by atoms with Crippen LogP contribution >= 0.6 is 0 Å². The molecule has 7 rings (SSSR count). The number of Topliss-reactive ketones (excluding diaryl/α,β-unsaturated/α-hetero) is 1. The Kier molecular flexibility index (Phi) is 7.12. The summed E-state index contributed by atoms with van der Waals surface area (Å²) in [6, 6.07) is 3.65. The summed E-state index contributed by atoms with van der Waals surface area (Å²) in [6.45, 7) is 10.4.